The lowest BCUT2D eigenvalue weighted by Gasteiger charge is -2.28. The number of nitrogens with zero attached hydrogens (tertiary/aromatic N) is 5. The van der Waals surface area contributed by atoms with Crippen LogP contribution in [0.2, 0.25) is 0 Å². The molecule has 1 aliphatic heterocycles. The molecule has 0 saturated heterocycles. The Balaban J connectivity index is 1.87. The number of benzene rings is 1. The molecule has 1 atom stereocenters. The minimum atomic E-state index is -0.358. The molecule has 0 fully saturated rings. The van der Waals surface area contributed by atoms with Crippen LogP contribution in [0.25, 0.3) is 11.5 Å². The van der Waals surface area contributed by atoms with Crippen molar-refractivity contribution in [1.29, 1.82) is 5.26 Å². The van der Waals surface area contributed by atoms with Crippen LogP contribution in [0.4, 0.5) is 0 Å². The summed E-state index contributed by atoms with van der Waals surface area (Å²) in [6.45, 7) is 9.96. The Labute approximate surface area is 175 Å². The maximum Gasteiger partial charge on any atom is 0.247 e. The molecule has 0 aliphatic carbocycles. The van der Waals surface area contributed by atoms with Crippen molar-refractivity contribution in [2.45, 2.75) is 52.5 Å². The van der Waals surface area contributed by atoms with E-state index in [-0.39, 0.29) is 17.3 Å². The van der Waals surface area contributed by atoms with Gasteiger partial charge in [-0.25, -0.2) is 4.68 Å². The van der Waals surface area contributed by atoms with Crippen molar-refractivity contribution in [2.24, 2.45) is 5.73 Å². The normalized spacial score (nSPS) is 16.2. The summed E-state index contributed by atoms with van der Waals surface area (Å²) in [5.41, 5.74) is 9.77. The molecule has 154 valence electrons. The van der Waals surface area contributed by atoms with Gasteiger partial charge in [0.05, 0.1) is 22.7 Å². The maximum absolute atomic E-state index is 9.86. The summed E-state index contributed by atoms with van der Waals surface area (Å²) in [5.74, 6) is 1.31. The zero-order chi connectivity index (χ0) is 21.6. The highest BCUT2D eigenvalue weighted by atomic mass is 16.5. The van der Waals surface area contributed by atoms with Crippen molar-refractivity contribution in [3.8, 4) is 23.4 Å². The van der Waals surface area contributed by atoms with E-state index in [4.69, 9.17) is 20.0 Å². The first-order valence-corrected chi connectivity index (χ1v) is 9.84. The van der Waals surface area contributed by atoms with E-state index in [0.717, 1.165) is 22.4 Å². The zero-order valence-corrected chi connectivity index (χ0v) is 17.7. The number of fused-ring (bicyclic) bond motifs is 1. The maximum atomic E-state index is 9.86. The molecule has 0 spiro atoms. The third-order valence-electron chi connectivity index (χ3n) is 5.11. The van der Waals surface area contributed by atoms with Crippen molar-refractivity contribution >= 4 is 0 Å². The smallest absolute Gasteiger partial charge is 0.247 e. The second kappa shape index (κ2) is 7.02. The lowest BCUT2D eigenvalue weighted by molar-refractivity contribution is 0.277. The van der Waals surface area contributed by atoms with E-state index in [2.05, 4.69) is 37.0 Å². The molecule has 8 nitrogen and oxygen atoms in total. The van der Waals surface area contributed by atoms with Crippen LogP contribution in [0, 0.1) is 18.3 Å². The summed E-state index contributed by atoms with van der Waals surface area (Å²) in [5, 5.41) is 22.6. The fraction of sp³-hybridized carbons (Fsp3) is 0.364. The lowest BCUT2D eigenvalue weighted by atomic mass is 9.83. The minimum absolute atomic E-state index is 0.111. The van der Waals surface area contributed by atoms with Gasteiger partial charge in [0.2, 0.25) is 23.5 Å². The summed E-state index contributed by atoms with van der Waals surface area (Å²) in [6, 6.07) is 9.96. The first-order valence-electron chi connectivity index (χ1n) is 9.84. The predicted octanol–water partition coefficient (Wildman–Crippen LogP) is 3.78. The number of hydrogen-bond acceptors (Lipinski definition) is 7. The van der Waals surface area contributed by atoms with Crippen LogP contribution in [0.1, 0.15) is 56.3 Å². The third-order valence-corrected chi connectivity index (χ3v) is 5.11. The molecule has 30 heavy (non-hydrogen) atoms. The minimum Gasteiger partial charge on any atom is -0.422 e. The van der Waals surface area contributed by atoms with Gasteiger partial charge in [0.1, 0.15) is 11.6 Å². The summed E-state index contributed by atoms with van der Waals surface area (Å²) in [7, 11) is 0. The Morgan fingerprint density at radius 1 is 1.20 bits per heavy atom. The molecule has 3 aromatic rings. The monoisotopic (exact) mass is 404 g/mol. The summed E-state index contributed by atoms with van der Waals surface area (Å²) < 4.78 is 13.3. The van der Waals surface area contributed by atoms with Gasteiger partial charge in [0.25, 0.3) is 0 Å². The Morgan fingerprint density at radius 2 is 1.90 bits per heavy atom. The second-order valence-electron chi connectivity index (χ2n) is 8.27. The molecule has 0 radical (unpaired) electrons. The number of nitrogens with two attached hydrogens (primary N) is 1. The number of allylic oxidation sites excluding steroid dienone is 1. The fourth-order valence-corrected chi connectivity index (χ4v) is 3.69. The van der Waals surface area contributed by atoms with Gasteiger partial charge in [-0.05, 0) is 44.9 Å². The highest BCUT2D eigenvalue weighted by Gasteiger charge is 2.38. The van der Waals surface area contributed by atoms with Crippen LogP contribution in [0.15, 0.2) is 40.1 Å². The van der Waals surface area contributed by atoms with Crippen molar-refractivity contribution in [1.82, 2.24) is 20.0 Å². The molecular weight excluding hydrogens is 380 g/mol. The molecule has 3 heterocycles. The van der Waals surface area contributed by atoms with E-state index >= 15 is 0 Å². The van der Waals surface area contributed by atoms with Crippen LogP contribution >= 0.6 is 0 Å². The summed E-state index contributed by atoms with van der Waals surface area (Å²) >= 11 is 0. The van der Waals surface area contributed by atoms with E-state index < -0.39 is 0 Å². The molecule has 1 unspecified atom stereocenters. The number of nitriles is 1. The number of aromatic nitrogens is 4. The molecule has 1 aromatic carbocycles. The van der Waals surface area contributed by atoms with E-state index in [1.165, 1.54) is 0 Å². The number of aryl methyl sites for hydroxylation is 2. The Bertz CT molecular complexity index is 1170. The van der Waals surface area contributed by atoms with Crippen LogP contribution in [0.5, 0.6) is 5.88 Å². The van der Waals surface area contributed by atoms with E-state index in [0.29, 0.717) is 29.7 Å². The number of hydrogen-bond donors (Lipinski definition) is 1. The van der Waals surface area contributed by atoms with Crippen molar-refractivity contribution < 1.29 is 9.15 Å². The molecule has 0 amide bonds. The van der Waals surface area contributed by atoms with Gasteiger partial charge in [0.15, 0.2) is 0 Å². The topological polar surface area (TPSA) is 116 Å². The van der Waals surface area contributed by atoms with E-state index in [1.807, 2.05) is 35.9 Å². The van der Waals surface area contributed by atoms with Gasteiger partial charge in [0, 0.05) is 12.5 Å². The van der Waals surface area contributed by atoms with E-state index in [1.54, 1.807) is 6.92 Å². The number of rotatable bonds is 3. The first kappa shape index (κ1) is 19.7. The quantitative estimate of drug-likeness (QED) is 0.706. The molecule has 4 rings (SSSR count). The zero-order valence-electron chi connectivity index (χ0n) is 17.7. The van der Waals surface area contributed by atoms with Crippen LogP contribution < -0.4 is 10.5 Å². The average molecular weight is 404 g/mol. The first-order chi connectivity index (χ1) is 14.2. The van der Waals surface area contributed by atoms with Crippen molar-refractivity contribution in [2.75, 3.05) is 0 Å². The van der Waals surface area contributed by atoms with Crippen molar-refractivity contribution in [3.05, 3.63) is 58.4 Å². The van der Waals surface area contributed by atoms with Gasteiger partial charge >= 0.3 is 0 Å². The second-order valence-corrected chi connectivity index (χ2v) is 8.27. The Kier molecular flexibility index (Phi) is 4.61. The molecule has 1 aliphatic rings. The molecular formula is C22H24N6O2. The molecule has 2 aromatic heterocycles. The van der Waals surface area contributed by atoms with Gasteiger partial charge in [-0.15, -0.1) is 10.2 Å². The molecule has 2 N–H and O–H groups in total. The Morgan fingerprint density at radius 3 is 2.43 bits per heavy atom. The Hall–Kier alpha value is -3.60. The number of ether oxygens (including phenoxy) is 1. The molecule has 0 bridgehead atoms. The fourth-order valence-electron chi connectivity index (χ4n) is 3.69. The largest absolute Gasteiger partial charge is 0.422 e. The van der Waals surface area contributed by atoms with Crippen molar-refractivity contribution in [3.63, 3.8) is 0 Å². The van der Waals surface area contributed by atoms with Crippen LogP contribution in [0.3, 0.4) is 0 Å². The van der Waals surface area contributed by atoms with Crippen LogP contribution in [-0.2, 0) is 12.0 Å². The summed E-state index contributed by atoms with van der Waals surface area (Å²) in [4.78, 5) is 0. The molecule has 0 saturated carbocycles. The highest BCUT2D eigenvalue weighted by molar-refractivity contribution is 5.59. The van der Waals surface area contributed by atoms with Gasteiger partial charge < -0.3 is 14.9 Å². The average Bonchev–Trinajstić information content (AvgIpc) is 3.30. The van der Waals surface area contributed by atoms with Crippen LogP contribution in [-0.4, -0.2) is 20.0 Å². The SMILES string of the molecule is CCc1nn(C(C)(C)C)c2c1C(c1ccc(-c3nnc(C)o3)cc1)C(C#N)=C(N)O2. The summed E-state index contributed by atoms with van der Waals surface area (Å²) in [6.07, 6.45) is 0.712. The van der Waals surface area contributed by atoms with Gasteiger partial charge in [-0.3, -0.25) is 0 Å². The highest BCUT2D eigenvalue weighted by Crippen LogP contribution is 2.45. The van der Waals surface area contributed by atoms with Gasteiger partial charge in [-0.1, -0.05) is 19.1 Å². The van der Waals surface area contributed by atoms with Gasteiger partial charge in [-0.2, -0.15) is 10.4 Å². The third kappa shape index (κ3) is 3.12. The molecule has 8 heteroatoms. The van der Waals surface area contributed by atoms with E-state index in [9.17, 15) is 5.26 Å². The standard InChI is InChI=1S/C22H24N6O2/c1-6-16-18-17(13-7-9-14(10-8-13)20-26-25-12(2)29-20)15(11-23)19(24)30-21(18)28(27-16)22(3,4)5/h7-10,17H,6,24H2,1-5H3. The predicted molar refractivity (Wildman–Crippen MR) is 110 cm³/mol. The lowest BCUT2D eigenvalue weighted by Crippen LogP contribution is -2.27.